The van der Waals surface area contributed by atoms with Gasteiger partial charge in [-0.1, -0.05) is 25.5 Å². The van der Waals surface area contributed by atoms with Crippen LogP contribution < -0.4 is 10.2 Å². The van der Waals surface area contributed by atoms with Crippen molar-refractivity contribution in [2.45, 2.75) is 19.8 Å². The van der Waals surface area contributed by atoms with Crippen molar-refractivity contribution < 1.29 is 9.59 Å². The molecule has 1 aliphatic heterocycles. The number of aryl methyl sites for hydroxylation is 1. The van der Waals surface area contributed by atoms with Crippen LogP contribution in [0.1, 0.15) is 40.6 Å². The van der Waals surface area contributed by atoms with Crippen LogP contribution in [0.3, 0.4) is 0 Å². The van der Waals surface area contributed by atoms with E-state index in [0.717, 1.165) is 29.3 Å². The lowest BCUT2D eigenvalue weighted by Crippen LogP contribution is -2.27. The van der Waals surface area contributed by atoms with Gasteiger partial charge in [0.1, 0.15) is 5.69 Å². The standard InChI is InChI=1S/C20H20N4O2/c1-3-4-12-24-16-9-8-15(22-19(25)17-10-11-21-23(17)2)13-6-5-7-14(18(13)16)20(24)26/h5-11H,3-4,12H2,1-2H3,(H,22,25). The van der Waals surface area contributed by atoms with E-state index < -0.39 is 0 Å². The van der Waals surface area contributed by atoms with E-state index in [1.54, 1.807) is 19.3 Å². The zero-order chi connectivity index (χ0) is 18.3. The molecule has 6 heteroatoms. The molecule has 0 unspecified atom stereocenters. The third kappa shape index (κ3) is 2.45. The molecule has 1 aromatic heterocycles. The first kappa shape index (κ1) is 16.3. The number of hydrogen-bond acceptors (Lipinski definition) is 3. The molecule has 4 rings (SSSR count). The van der Waals surface area contributed by atoms with Crippen molar-refractivity contribution in [2.24, 2.45) is 7.05 Å². The third-order valence-electron chi connectivity index (χ3n) is 4.82. The Morgan fingerprint density at radius 2 is 2.04 bits per heavy atom. The molecule has 2 amide bonds. The molecule has 0 spiro atoms. The van der Waals surface area contributed by atoms with Gasteiger partial charge in [-0.25, -0.2) is 0 Å². The number of hydrogen-bond donors (Lipinski definition) is 1. The summed E-state index contributed by atoms with van der Waals surface area (Å²) in [7, 11) is 1.73. The molecule has 0 radical (unpaired) electrons. The summed E-state index contributed by atoms with van der Waals surface area (Å²) >= 11 is 0. The van der Waals surface area contributed by atoms with Crippen molar-refractivity contribution in [3.8, 4) is 0 Å². The molecule has 0 aliphatic carbocycles. The van der Waals surface area contributed by atoms with Crippen LogP contribution in [0, 0.1) is 0 Å². The lowest BCUT2D eigenvalue weighted by atomic mass is 10.0. The summed E-state index contributed by atoms with van der Waals surface area (Å²) < 4.78 is 1.53. The fraction of sp³-hybridized carbons (Fsp3) is 0.250. The van der Waals surface area contributed by atoms with Crippen LogP contribution in [0.2, 0.25) is 0 Å². The number of carbonyl (C=O) groups excluding carboxylic acids is 2. The van der Waals surface area contributed by atoms with Gasteiger partial charge in [0.25, 0.3) is 11.8 Å². The highest BCUT2D eigenvalue weighted by molar-refractivity contribution is 6.27. The molecule has 26 heavy (non-hydrogen) atoms. The molecule has 0 atom stereocenters. The molecule has 1 aliphatic rings. The lowest BCUT2D eigenvalue weighted by Gasteiger charge is -2.17. The number of carbonyl (C=O) groups is 2. The zero-order valence-corrected chi connectivity index (χ0v) is 14.8. The van der Waals surface area contributed by atoms with E-state index in [1.807, 2.05) is 35.2 Å². The highest BCUT2D eigenvalue weighted by Gasteiger charge is 2.30. The summed E-state index contributed by atoms with van der Waals surface area (Å²) in [5.74, 6) is -0.188. The Labute approximate surface area is 151 Å². The number of aromatic nitrogens is 2. The van der Waals surface area contributed by atoms with E-state index in [9.17, 15) is 9.59 Å². The molecule has 0 bridgehead atoms. The number of benzene rings is 2. The van der Waals surface area contributed by atoms with Gasteiger partial charge in [-0.2, -0.15) is 5.10 Å². The van der Waals surface area contributed by atoms with Crippen LogP contribution in [0.4, 0.5) is 11.4 Å². The van der Waals surface area contributed by atoms with Crippen molar-refractivity contribution in [1.29, 1.82) is 0 Å². The number of amides is 2. The fourth-order valence-corrected chi connectivity index (χ4v) is 3.48. The van der Waals surface area contributed by atoms with Crippen LogP contribution in [0.25, 0.3) is 10.8 Å². The Bertz CT molecular complexity index is 1020. The summed E-state index contributed by atoms with van der Waals surface area (Å²) in [5.41, 5.74) is 2.80. The molecule has 6 nitrogen and oxygen atoms in total. The van der Waals surface area contributed by atoms with Crippen molar-refractivity contribution >= 4 is 34.0 Å². The second-order valence-corrected chi connectivity index (χ2v) is 6.46. The van der Waals surface area contributed by atoms with Crippen LogP contribution in [-0.2, 0) is 7.05 Å². The minimum absolute atomic E-state index is 0.0363. The van der Waals surface area contributed by atoms with Crippen LogP contribution in [0.5, 0.6) is 0 Å². The largest absolute Gasteiger partial charge is 0.320 e. The maximum atomic E-state index is 12.8. The van der Waals surface area contributed by atoms with Gasteiger partial charge < -0.3 is 10.2 Å². The minimum atomic E-state index is -0.224. The van der Waals surface area contributed by atoms with Gasteiger partial charge in [0.05, 0.1) is 5.69 Å². The monoisotopic (exact) mass is 348 g/mol. The second-order valence-electron chi connectivity index (χ2n) is 6.46. The van der Waals surface area contributed by atoms with E-state index in [0.29, 0.717) is 23.5 Å². The zero-order valence-electron chi connectivity index (χ0n) is 14.8. The molecule has 2 heterocycles. The van der Waals surface area contributed by atoms with Crippen LogP contribution in [0.15, 0.2) is 42.6 Å². The number of nitrogens with one attached hydrogen (secondary N) is 1. The summed E-state index contributed by atoms with van der Waals surface area (Å²) in [6.45, 7) is 2.82. The van der Waals surface area contributed by atoms with Gasteiger partial charge in [0.2, 0.25) is 0 Å². The van der Waals surface area contributed by atoms with Crippen molar-refractivity contribution in [2.75, 3.05) is 16.8 Å². The number of rotatable bonds is 5. The molecule has 0 saturated heterocycles. The number of anilines is 2. The molecular formula is C20H20N4O2. The minimum Gasteiger partial charge on any atom is -0.320 e. The van der Waals surface area contributed by atoms with Crippen molar-refractivity contribution in [1.82, 2.24) is 9.78 Å². The first-order valence-electron chi connectivity index (χ1n) is 8.78. The highest BCUT2D eigenvalue weighted by atomic mass is 16.2. The van der Waals surface area contributed by atoms with Gasteiger partial charge in [0, 0.05) is 41.8 Å². The second kappa shape index (κ2) is 6.29. The highest BCUT2D eigenvalue weighted by Crippen LogP contribution is 2.40. The first-order valence-corrected chi connectivity index (χ1v) is 8.78. The maximum Gasteiger partial charge on any atom is 0.273 e. The Hall–Kier alpha value is -3.15. The van der Waals surface area contributed by atoms with Gasteiger partial charge in [-0.05, 0) is 30.7 Å². The smallest absolute Gasteiger partial charge is 0.273 e. The molecular weight excluding hydrogens is 328 g/mol. The molecule has 132 valence electrons. The average molecular weight is 348 g/mol. The van der Waals surface area contributed by atoms with Gasteiger partial charge in [-0.15, -0.1) is 0 Å². The summed E-state index contributed by atoms with van der Waals surface area (Å²) in [4.78, 5) is 27.2. The summed E-state index contributed by atoms with van der Waals surface area (Å²) in [6, 6.07) is 11.1. The SMILES string of the molecule is CCCCN1C(=O)c2cccc3c(NC(=O)c4ccnn4C)ccc1c23. The maximum absolute atomic E-state index is 12.8. The topological polar surface area (TPSA) is 67.2 Å². The van der Waals surface area contributed by atoms with E-state index >= 15 is 0 Å². The van der Waals surface area contributed by atoms with Crippen LogP contribution in [-0.4, -0.2) is 28.1 Å². The summed E-state index contributed by atoms with van der Waals surface area (Å²) in [5, 5.41) is 8.78. The lowest BCUT2D eigenvalue weighted by molar-refractivity contribution is 0.0990. The van der Waals surface area contributed by atoms with E-state index in [4.69, 9.17) is 0 Å². The third-order valence-corrected chi connectivity index (χ3v) is 4.82. The number of unbranched alkanes of at least 4 members (excludes halogenated alkanes) is 1. The molecule has 3 aromatic rings. The van der Waals surface area contributed by atoms with Gasteiger partial charge >= 0.3 is 0 Å². The Morgan fingerprint density at radius 3 is 2.77 bits per heavy atom. The molecule has 2 aromatic carbocycles. The average Bonchev–Trinajstić information content (AvgIpc) is 3.19. The first-order chi connectivity index (χ1) is 12.6. The van der Waals surface area contributed by atoms with Crippen LogP contribution >= 0.6 is 0 Å². The Morgan fingerprint density at radius 1 is 1.19 bits per heavy atom. The van der Waals surface area contributed by atoms with E-state index in [-0.39, 0.29) is 11.8 Å². The van der Waals surface area contributed by atoms with E-state index in [2.05, 4.69) is 17.3 Å². The quantitative estimate of drug-likeness (QED) is 0.766. The predicted octanol–water partition coefficient (Wildman–Crippen LogP) is 3.59. The Balaban J connectivity index is 1.76. The van der Waals surface area contributed by atoms with Gasteiger partial charge in [0.15, 0.2) is 0 Å². The normalized spacial score (nSPS) is 12.8. The van der Waals surface area contributed by atoms with E-state index in [1.165, 1.54) is 4.68 Å². The van der Waals surface area contributed by atoms with Crippen molar-refractivity contribution in [3.63, 3.8) is 0 Å². The number of nitrogens with zero attached hydrogens (tertiary/aromatic N) is 3. The molecule has 1 N–H and O–H groups in total. The van der Waals surface area contributed by atoms with Gasteiger partial charge in [-0.3, -0.25) is 14.3 Å². The fourth-order valence-electron chi connectivity index (χ4n) is 3.48. The summed E-state index contributed by atoms with van der Waals surface area (Å²) in [6.07, 6.45) is 3.58. The Kier molecular flexibility index (Phi) is 3.95. The molecule has 0 saturated carbocycles. The van der Waals surface area contributed by atoms with Crippen molar-refractivity contribution in [3.05, 3.63) is 53.9 Å². The predicted molar refractivity (Wildman–Crippen MR) is 102 cm³/mol. The molecule has 0 fully saturated rings.